The van der Waals surface area contributed by atoms with Crippen LogP contribution in [0.25, 0.3) is 0 Å². The molecular weight excluding hydrogens is 340 g/mol. The maximum Gasteiger partial charge on any atom is 0.113 e. The van der Waals surface area contributed by atoms with Crippen LogP contribution in [-0.2, 0) is 0 Å². The van der Waals surface area contributed by atoms with Crippen molar-refractivity contribution in [1.29, 1.82) is 0 Å². The summed E-state index contributed by atoms with van der Waals surface area (Å²) in [5.74, 6) is 0. The van der Waals surface area contributed by atoms with Crippen LogP contribution in [0, 0.1) is 0 Å². The monoisotopic (exact) mass is 346 g/mol. The summed E-state index contributed by atoms with van der Waals surface area (Å²) >= 11 is 8.30. The Morgan fingerprint density at radius 1 is 1.00 bits per heavy atom. The predicted molar refractivity (Wildman–Crippen MR) is 70.2 cm³/mol. The number of hydrogen-bond donors (Lipinski definition) is 1. The van der Waals surface area contributed by atoms with Crippen molar-refractivity contribution in [2.75, 3.05) is 0 Å². The van der Waals surface area contributed by atoms with Crippen LogP contribution >= 0.6 is 43.2 Å². The molecule has 1 nitrogen and oxygen atoms in total. The molecule has 78 valence electrons. The third-order valence-electron chi connectivity index (χ3n) is 2.05. The Hall–Kier alpha value is -0.160. The van der Waals surface area contributed by atoms with Crippen LogP contribution in [0.5, 0.6) is 0 Å². The van der Waals surface area contributed by atoms with Crippen LogP contribution in [-0.4, -0.2) is 5.11 Å². The normalized spacial score (nSPS) is 12.7. The highest BCUT2D eigenvalue weighted by Crippen LogP contribution is 2.31. The van der Waals surface area contributed by atoms with Crippen LogP contribution in [0.3, 0.4) is 0 Å². The van der Waals surface area contributed by atoms with Crippen LogP contribution in [0.4, 0.5) is 0 Å². The summed E-state index contributed by atoms with van der Waals surface area (Å²) in [6.45, 7) is 0. The zero-order valence-corrected chi connectivity index (χ0v) is 11.6. The number of halogens is 2. The molecule has 0 aliphatic rings. The zero-order valence-electron chi connectivity index (χ0n) is 7.65. The third-order valence-corrected chi connectivity index (χ3v) is 4.25. The minimum absolute atomic E-state index is 0.533. The number of benzene rings is 1. The molecule has 2 aromatic rings. The Kier molecular flexibility index (Phi) is 3.61. The average molecular weight is 348 g/mol. The highest BCUT2D eigenvalue weighted by Gasteiger charge is 2.11. The summed E-state index contributed by atoms with van der Waals surface area (Å²) < 4.78 is 2.06. The molecule has 0 aliphatic heterocycles. The van der Waals surface area contributed by atoms with Crippen molar-refractivity contribution in [3.05, 3.63) is 55.1 Å². The van der Waals surface area contributed by atoms with Gasteiger partial charge in [0.1, 0.15) is 6.10 Å². The maximum absolute atomic E-state index is 10.1. The molecule has 0 spiro atoms. The Balaban J connectivity index is 2.28. The molecule has 0 bridgehead atoms. The van der Waals surface area contributed by atoms with E-state index in [1.807, 2.05) is 36.4 Å². The van der Waals surface area contributed by atoms with Crippen molar-refractivity contribution >= 4 is 43.2 Å². The number of aliphatic hydroxyl groups is 1. The second-order valence-electron chi connectivity index (χ2n) is 3.10. The third kappa shape index (κ3) is 2.69. The van der Waals surface area contributed by atoms with Gasteiger partial charge in [-0.1, -0.05) is 28.1 Å². The molecule has 1 unspecified atom stereocenters. The van der Waals surface area contributed by atoms with Gasteiger partial charge in [-0.15, -0.1) is 11.3 Å². The number of aliphatic hydroxyl groups excluding tert-OH is 1. The topological polar surface area (TPSA) is 20.2 Å². The van der Waals surface area contributed by atoms with Crippen LogP contribution < -0.4 is 0 Å². The van der Waals surface area contributed by atoms with Crippen molar-refractivity contribution in [1.82, 2.24) is 0 Å². The fraction of sp³-hybridized carbons (Fsp3) is 0.0909. The molecule has 0 saturated carbocycles. The van der Waals surface area contributed by atoms with E-state index in [4.69, 9.17) is 0 Å². The molecule has 0 amide bonds. The summed E-state index contributed by atoms with van der Waals surface area (Å²) in [6.07, 6.45) is -0.533. The van der Waals surface area contributed by atoms with Gasteiger partial charge in [-0.25, -0.2) is 0 Å². The van der Waals surface area contributed by atoms with Gasteiger partial charge >= 0.3 is 0 Å². The molecule has 1 N–H and O–H groups in total. The number of rotatable bonds is 2. The minimum atomic E-state index is -0.533. The van der Waals surface area contributed by atoms with E-state index < -0.39 is 6.10 Å². The largest absolute Gasteiger partial charge is 0.383 e. The first-order valence-electron chi connectivity index (χ1n) is 4.35. The second-order valence-corrected chi connectivity index (χ2v) is 6.51. The van der Waals surface area contributed by atoms with E-state index >= 15 is 0 Å². The SMILES string of the molecule is OC(c1ccc(Br)cc1)c1ccc(Br)s1. The zero-order chi connectivity index (χ0) is 10.8. The van der Waals surface area contributed by atoms with Crippen molar-refractivity contribution in [3.8, 4) is 0 Å². The predicted octanol–water partition coefficient (Wildman–Crippen LogP) is 4.35. The number of hydrogen-bond acceptors (Lipinski definition) is 2. The van der Waals surface area contributed by atoms with Gasteiger partial charge in [0.15, 0.2) is 0 Å². The summed E-state index contributed by atoms with van der Waals surface area (Å²) in [7, 11) is 0. The molecule has 0 aliphatic carbocycles. The first kappa shape index (κ1) is 11.3. The quantitative estimate of drug-likeness (QED) is 0.855. The molecule has 1 aromatic heterocycles. The molecule has 0 saturated heterocycles. The van der Waals surface area contributed by atoms with E-state index in [-0.39, 0.29) is 0 Å². The second kappa shape index (κ2) is 4.78. The molecule has 0 radical (unpaired) electrons. The molecular formula is C11H8Br2OS. The summed E-state index contributed by atoms with van der Waals surface area (Å²) in [6, 6.07) is 11.6. The van der Waals surface area contributed by atoms with Gasteiger partial charge in [-0.3, -0.25) is 0 Å². The molecule has 15 heavy (non-hydrogen) atoms. The minimum Gasteiger partial charge on any atom is -0.383 e. The van der Waals surface area contributed by atoms with Crippen molar-refractivity contribution in [2.45, 2.75) is 6.10 Å². The van der Waals surface area contributed by atoms with E-state index in [0.29, 0.717) is 0 Å². The summed E-state index contributed by atoms with van der Waals surface area (Å²) in [5.41, 5.74) is 0.910. The van der Waals surface area contributed by atoms with Crippen molar-refractivity contribution < 1.29 is 5.11 Å². The highest BCUT2D eigenvalue weighted by molar-refractivity contribution is 9.11. The van der Waals surface area contributed by atoms with Gasteiger partial charge in [-0.2, -0.15) is 0 Å². The Bertz CT molecular complexity index is 450. The van der Waals surface area contributed by atoms with Crippen LogP contribution in [0.1, 0.15) is 16.5 Å². The Morgan fingerprint density at radius 3 is 2.20 bits per heavy atom. The van der Waals surface area contributed by atoms with Crippen LogP contribution in [0.15, 0.2) is 44.7 Å². The molecule has 2 rings (SSSR count). The van der Waals surface area contributed by atoms with E-state index in [0.717, 1.165) is 18.7 Å². The molecule has 4 heteroatoms. The maximum atomic E-state index is 10.1. The van der Waals surface area contributed by atoms with Crippen LogP contribution in [0.2, 0.25) is 0 Å². The molecule has 1 aromatic carbocycles. The standard InChI is InChI=1S/C11H8Br2OS/c12-8-3-1-7(2-4-8)11(14)9-5-6-10(13)15-9/h1-6,11,14H. The fourth-order valence-corrected chi connectivity index (χ4v) is 2.99. The first-order valence-corrected chi connectivity index (χ1v) is 6.76. The lowest BCUT2D eigenvalue weighted by molar-refractivity contribution is 0.224. The lowest BCUT2D eigenvalue weighted by Gasteiger charge is -2.08. The van der Waals surface area contributed by atoms with Gasteiger partial charge in [0.25, 0.3) is 0 Å². The van der Waals surface area contributed by atoms with Gasteiger partial charge in [0.05, 0.1) is 3.79 Å². The fourth-order valence-electron chi connectivity index (χ4n) is 1.28. The smallest absolute Gasteiger partial charge is 0.113 e. The Labute approximate surface area is 109 Å². The Morgan fingerprint density at radius 2 is 1.67 bits per heavy atom. The van der Waals surface area contributed by atoms with Gasteiger partial charge in [-0.05, 0) is 45.8 Å². The van der Waals surface area contributed by atoms with Crippen molar-refractivity contribution in [3.63, 3.8) is 0 Å². The van der Waals surface area contributed by atoms with Gasteiger partial charge in [0, 0.05) is 9.35 Å². The molecule has 1 heterocycles. The first-order chi connectivity index (χ1) is 7.16. The van der Waals surface area contributed by atoms with Gasteiger partial charge < -0.3 is 5.11 Å². The average Bonchev–Trinajstić information content (AvgIpc) is 2.65. The molecule has 0 fully saturated rings. The molecule has 1 atom stereocenters. The van der Waals surface area contributed by atoms with E-state index in [9.17, 15) is 5.11 Å². The van der Waals surface area contributed by atoms with E-state index in [1.165, 1.54) is 0 Å². The highest BCUT2D eigenvalue weighted by atomic mass is 79.9. The lowest BCUT2D eigenvalue weighted by Crippen LogP contribution is -1.95. The van der Waals surface area contributed by atoms with E-state index in [1.54, 1.807) is 11.3 Å². The summed E-state index contributed by atoms with van der Waals surface area (Å²) in [4.78, 5) is 0.948. The van der Waals surface area contributed by atoms with Gasteiger partial charge in [0.2, 0.25) is 0 Å². The summed E-state index contributed by atoms with van der Waals surface area (Å²) in [5, 5.41) is 10.1. The van der Waals surface area contributed by atoms with Crippen molar-refractivity contribution in [2.24, 2.45) is 0 Å². The van der Waals surface area contributed by atoms with E-state index in [2.05, 4.69) is 31.9 Å². The lowest BCUT2D eigenvalue weighted by atomic mass is 10.1. The number of thiophene rings is 1.